The Hall–Kier alpha value is -2.77. The molecule has 1 unspecified atom stereocenters. The van der Waals surface area contributed by atoms with Crippen LogP contribution in [0.4, 0.5) is 4.39 Å². The van der Waals surface area contributed by atoms with Gasteiger partial charge in [-0.1, -0.05) is 12.0 Å². The van der Waals surface area contributed by atoms with Gasteiger partial charge in [0.1, 0.15) is 5.82 Å². The van der Waals surface area contributed by atoms with Crippen molar-refractivity contribution >= 4 is 16.3 Å². The summed E-state index contributed by atoms with van der Waals surface area (Å²) in [4.78, 5) is 24.4. The highest BCUT2D eigenvalue weighted by atomic mass is 32.1. The molecule has 0 saturated carbocycles. The fraction of sp³-hybridized carbons (Fsp3) is 0.214. The maximum Gasteiger partial charge on any atom is 0.266 e. The minimum absolute atomic E-state index is 0.191. The number of aromatic nitrogens is 3. The Bertz CT molecular complexity index is 1000. The highest BCUT2D eigenvalue weighted by molar-refractivity contribution is 7.15. The molecular weight excluding hydrogens is 319 g/mol. The first-order chi connectivity index (χ1) is 11.0. The molecule has 1 atom stereocenters. The largest absolute Gasteiger partial charge is 0.268 e. The van der Waals surface area contributed by atoms with Gasteiger partial charge >= 0.3 is 0 Å². The molecule has 0 fully saturated rings. The summed E-state index contributed by atoms with van der Waals surface area (Å²) in [6.45, 7) is 3.42. The van der Waals surface area contributed by atoms with Crippen LogP contribution in [0.1, 0.15) is 24.4 Å². The Morgan fingerprint density at radius 2 is 2.26 bits per heavy atom. The molecule has 9 heteroatoms. The molecule has 0 spiro atoms. The molecule has 7 nitrogen and oxygen atoms in total. The molecule has 0 radical (unpaired) electrons. The third-order valence-corrected chi connectivity index (χ3v) is 4.33. The molecule has 3 aromatic rings. The van der Waals surface area contributed by atoms with Crippen molar-refractivity contribution in [2.45, 2.75) is 19.9 Å². The molecule has 0 N–H and O–H groups in total. The van der Waals surface area contributed by atoms with Gasteiger partial charge in [-0.05, 0) is 18.5 Å². The molecule has 0 saturated heterocycles. The number of hydrogen-bond donors (Lipinski definition) is 0. The zero-order chi connectivity index (χ0) is 16.6. The lowest BCUT2D eigenvalue weighted by Crippen LogP contribution is -2.20. The summed E-state index contributed by atoms with van der Waals surface area (Å²) in [5.41, 5.74) is 9.86. The first-order valence-electron chi connectivity index (χ1n) is 6.68. The summed E-state index contributed by atoms with van der Waals surface area (Å²) in [6, 6.07) is 0.546. The molecule has 0 aromatic carbocycles. The predicted octanol–water partition coefficient (Wildman–Crippen LogP) is 3.64. The Labute approximate surface area is 133 Å². The number of rotatable bonds is 3. The van der Waals surface area contributed by atoms with Gasteiger partial charge in [-0.2, -0.15) is 0 Å². The molecule has 0 bridgehead atoms. The van der Waals surface area contributed by atoms with Crippen molar-refractivity contribution in [3.63, 3.8) is 0 Å². The van der Waals surface area contributed by atoms with Crippen molar-refractivity contribution in [3.8, 4) is 11.1 Å². The maximum atomic E-state index is 13.5. The molecule has 0 aliphatic carbocycles. The summed E-state index contributed by atoms with van der Waals surface area (Å²) < 4.78 is 15.0. The van der Waals surface area contributed by atoms with Gasteiger partial charge < -0.3 is 0 Å². The van der Waals surface area contributed by atoms with Crippen molar-refractivity contribution in [3.05, 3.63) is 61.8 Å². The van der Waals surface area contributed by atoms with Gasteiger partial charge in [0.05, 0.1) is 23.5 Å². The maximum absolute atomic E-state index is 13.5. The summed E-state index contributed by atoms with van der Waals surface area (Å²) in [5.74, 6) is -0.559. The average Bonchev–Trinajstić information content (AvgIpc) is 2.89. The van der Waals surface area contributed by atoms with E-state index in [1.165, 1.54) is 28.0 Å². The van der Waals surface area contributed by atoms with Crippen LogP contribution < -0.4 is 5.56 Å². The third-order valence-electron chi connectivity index (χ3n) is 3.38. The first-order valence-corrected chi connectivity index (χ1v) is 7.56. The van der Waals surface area contributed by atoms with Gasteiger partial charge in [0.2, 0.25) is 0 Å². The van der Waals surface area contributed by atoms with Gasteiger partial charge in [0.15, 0.2) is 4.96 Å². The third kappa shape index (κ3) is 2.56. The number of pyridine rings is 1. The number of fused-ring (bicyclic) bond motifs is 1. The molecule has 23 heavy (non-hydrogen) atoms. The van der Waals surface area contributed by atoms with E-state index < -0.39 is 11.9 Å². The monoisotopic (exact) mass is 330 g/mol. The van der Waals surface area contributed by atoms with Gasteiger partial charge in [-0.3, -0.25) is 14.2 Å². The van der Waals surface area contributed by atoms with Crippen molar-refractivity contribution in [2.75, 3.05) is 0 Å². The fourth-order valence-corrected chi connectivity index (χ4v) is 3.22. The topological polar surface area (TPSA) is 96.0 Å². The molecule has 116 valence electrons. The molecule has 0 aliphatic heterocycles. The normalized spacial score (nSPS) is 12.1. The Kier molecular flexibility index (Phi) is 3.81. The standard InChI is InChI=1S/C14H11FN6OS/c1-7-6-23-14-18-12(8(2)19-20-16)11(13(22)21(7)14)9-3-10(15)5-17-4-9/h3-6,8H,1-2H3. The molecule has 3 rings (SSSR count). The predicted molar refractivity (Wildman–Crippen MR) is 84.8 cm³/mol. The van der Waals surface area contributed by atoms with E-state index in [4.69, 9.17) is 5.53 Å². The first kappa shape index (κ1) is 15.1. The molecular formula is C14H11FN6OS. The number of halogens is 1. The minimum Gasteiger partial charge on any atom is -0.268 e. The van der Waals surface area contributed by atoms with Gasteiger partial charge in [-0.25, -0.2) is 9.37 Å². The Balaban J connectivity index is 2.43. The van der Waals surface area contributed by atoms with Crippen molar-refractivity contribution in [1.82, 2.24) is 14.4 Å². The molecule has 0 aliphatic rings. The quantitative estimate of drug-likeness (QED) is 0.416. The summed E-state index contributed by atoms with van der Waals surface area (Å²) in [6.07, 6.45) is 2.45. The number of nitrogens with zero attached hydrogens (tertiary/aromatic N) is 6. The van der Waals surface area contributed by atoms with Crippen LogP contribution in [0, 0.1) is 12.7 Å². The van der Waals surface area contributed by atoms with Crippen LogP contribution >= 0.6 is 11.3 Å². The average molecular weight is 330 g/mol. The van der Waals surface area contributed by atoms with E-state index in [1.54, 1.807) is 19.2 Å². The summed E-state index contributed by atoms with van der Waals surface area (Å²) in [5, 5.41) is 5.42. The Morgan fingerprint density at radius 3 is 2.96 bits per heavy atom. The highest BCUT2D eigenvalue weighted by Gasteiger charge is 2.21. The van der Waals surface area contributed by atoms with Crippen LogP contribution in [0.3, 0.4) is 0 Å². The SMILES string of the molecule is Cc1csc2nc(C(C)N=[N+]=[N-])c(-c3cncc(F)c3)c(=O)n12. The number of azide groups is 1. The molecule has 3 aromatic heterocycles. The van der Waals surface area contributed by atoms with E-state index in [0.29, 0.717) is 16.2 Å². The lowest BCUT2D eigenvalue weighted by Gasteiger charge is -2.12. The van der Waals surface area contributed by atoms with E-state index in [-0.39, 0.29) is 11.1 Å². The lowest BCUT2D eigenvalue weighted by atomic mass is 10.0. The van der Waals surface area contributed by atoms with Gasteiger partial charge in [0.25, 0.3) is 5.56 Å². The highest BCUT2D eigenvalue weighted by Crippen LogP contribution is 2.28. The van der Waals surface area contributed by atoms with Crippen LogP contribution in [-0.4, -0.2) is 14.4 Å². The van der Waals surface area contributed by atoms with Crippen LogP contribution in [0.15, 0.2) is 33.7 Å². The van der Waals surface area contributed by atoms with Crippen molar-refractivity contribution < 1.29 is 4.39 Å². The van der Waals surface area contributed by atoms with Crippen molar-refractivity contribution in [2.24, 2.45) is 5.11 Å². The second kappa shape index (κ2) is 5.79. The van der Waals surface area contributed by atoms with Crippen LogP contribution in [0.25, 0.3) is 26.5 Å². The second-order valence-electron chi connectivity index (χ2n) is 4.94. The van der Waals surface area contributed by atoms with E-state index in [2.05, 4.69) is 20.0 Å². The minimum atomic E-state index is -0.668. The smallest absolute Gasteiger partial charge is 0.266 e. The van der Waals surface area contributed by atoms with E-state index in [0.717, 1.165) is 11.9 Å². The van der Waals surface area contributed by atoms with Gasteiger partial charge in [0, 0.05) is 27.7 Å². The van der Waals surface area contributed by atoms with Crippen LogP contribution in [0.2, 0.25) is 0 Å². The van der Waals surface area contributed by atoms with Crippen LogP contribution in [-0.2, 0) is 0 Å². The van der Waals surface area contributed by atoms with E-state index in [9.17, 15) is 9.18 Å². The molecule has 0 amide bonds. The lowest BCUT2D eigenvalue weighted by molar-refractivity contribution is 0.622. The van der Waals surface area contributed by atoms with Crippen LogP contribution in [0.5, 0.6) is 0 Å². The number of thiazole rings is 1. The second-order valence-corrected chi connectivity index (χ2v) is 5.78. The number of aryl methyl sites for hydroxylation is 1. The number of hydrogen-bond acceptors (Lipinski definition) is 5. The van der Waals surface area contributed by atoms with Gasteiger partial charge in [-0.15, -0.1) is 11.3 Å². The summed E-state index contributed by atoms with van der Waals surface area (Å²) in [7, 11) is 0. The molecule has 3 heterocycles. The zero-order valence-electron chi connectivity index (χ0n) is 12.3. The Morgan fingerprint density at radius 1 is 1.48 bits per heavy atom. The zero-order valence-corrected chi connectivity index (χ0v) is 13.1. The van der Waals surface area contributed by atoms with E-state index >= 15 is 0 Å². The van der Waals surface area contributed by atoms with E-state index in [1.807, 2.05) is 0 Å². The summed E-state index contributed by atoms with van der Waals surface area (Å²) >= 11 is 1.31. The fourth-order valence-electron chi connectivity index (χ4n) is 2.35. The van der Waals surface area contributed by atoms with Crippen molar-refractivity contribution in [1.29, 1.82) is 0 Å².